The molecule has 2 aromatic carbocycles. The fourth-order valence-corrected chi connectivity index (χ4v) is 3.93. The Morgan fingerprint density at radius 3 is 2.39 bits per heavy atom. The molecule has 0 aromatic heterocycles. The number of benzene rings is 2. The van der Waals surface area contributed by atoms with E-state index in [-0.39, 0.29) is 23.9 Å². The number of nitrogens with one attached hydrogen (secondary N) is 1. The molecule has 0 fully saturated rings. The van der Waals surface area contributed by atoms with Gasteiger partial charge in [-0.3, -0.25) is 14.4 Å². The summed E-state index contributed by atoms with van der Waals surface area (Å²) >= 11 is 0.935. The van der Waals surface area contributed by atoms with Gasteiger partial charge in [-0.15, -0.1) is 0 Å². The van der Waals surface area contributed by atoms with Gasteiger partial charge in [0.05, 0.1) is 10.8 Å². The first-order valence-corrected chi connectivity index (χ1v) is 11.4. The van der Waals surface area contributed by atoms with E-state index < -0.39 is 22.6 Å². The highest BCUT2D eigenvalue weighted by molar-refractivity contribution is 8.13. The predicted molar refractivity (Wildman–Crippen MR) is 127 cm³/mol. The van der Waals surface area contributed by atoms with E-state index in [0.29, 0.717) is 25.0 Å². The maximum atomic E-state index is 13.7. The van der Waals surface area contributed by atoms with Gasteiger partial charge < -0.3 is 15.3 Å². The molecule has 2 aromatic rings. The summed E-state index contributed by atoms with van der Waals surface area (Å²) in [5.41, 5.74) is 2.51. The number of aryl methyl sites for hydroxylation is 1. The average Bonchev–Trinajstić information content (AvgIpc) is 2.78. The van der Waals surface area contributed by atoms with Crippen molar-refractivity contribution in [2.75, 3.05) is 18.9 Å². The minimum atomic E-state index is -1.39. The summed E-state index contributed by atoms with van der Waals surface area (Å²) in [6.07, 6.45) is 1.80. The summed E-state index contributed by atoms with van der Waals surface area (Å²) in [5.74, 6) is -2.90. The second-order valence-electron chi connectivity index (χ2n) is 7.51. The molecule has 1 atom stereocenters. The molecular weight excluding hydrogens is 447 g/mol. The molecule has 0 radical (unpaired) electrons. The van der Waals surface area contributed by atoms with Gasteiger partial charge in [-0.05, 0) is 48.6 Å². The largest absolute Gasteiger partial charge is 0.478 e. The van der Waals surface area contributed by atoms with Crippen LogP contribution in [0.3, 0.4) is 0 Å². The van der Waals surface area contributed by atoms with E-state index >= 15 is 0 Å². The molecule has 2 rings (SSSR count). The summed E-state index contributed by atoms with van der Waals surface area (Å²) in [6.45, 7) is 2.37. The standard InChI is InChI=1S/C24H27FN2O5S/c1-3-16-6-8-17(9-7-16)13-21(33-15-28)23(30)27(2)12-4-5-22(29)26-18-10-11-19(24(31)32)20(25)14-18/h6-11,14-15,21H,3-5,12-13H2,1-2H3,(H,26,29)(H,31,32). The van der Waals surface area contributed by atoms with E-state index in [1.807, 2.05) is 24.3 Å². The van der Waals surface area contributed by atoms with Crippen LogP contribution >= 0.6 is 11.8 Å². The minimum absolute atomic E-state index is 0.0872. The summed E-state index contributed by atoms with van der Waals surface area (Å²) < 4.78 is 13.7. The Balaban J connectivity index is 1.85. The number of hydrogen-bond acceptors (Lipinski definition) is 5. The normalized spacial score (nSPS) is 11.5. The number of amides is 2. The van der Waals surface area contributed by atoms with E-state index in [4.69, 9.17) is 5.11 Å². The van der Waals surface area contributed by atoms with Gasteiger partial charge in [0.25, 0.3) is 0 Å². The van der Waals surface area contributed by atoms with Gasteiger partial charge in [-0.25, -0.2) is 9.18 Å². The molecule has 0 aliphatic heterocycles. The lowest BCUT2D eigenvalue weighted by atomic mass is 10.1. The Hall–Kier alpha value is -3.20. The van der Waals surface area contributed by atoms with E-state index in [1.54, 1.807) is 7.05 Å². The number of halogens is 1. The van der Waals surface area contributed by atoms with Crippen LogP contribution in [0.1, 0.15) is 41.3 Å². The van der Waals surface area contributed by atoms with E-state index in [2.05, 4.69) is 12.2 Å². The third kappa shape index (κ3) is 8.02. The van der Waals surface area contributed by atoms with Gasteiger partial charge in [-0.1, -0.05) is 43.0 Å². The number of carbonyl (C=O) groups excluding carboxylic acids is 3. The van der Waals surface area contributed by atoms with E-state index in [0.717, 1.165) is 35.9 Å². The second-order valence-corrected chi connectivity index (χ2v) is 8.54. The number of rotatable bonds is 12. The molecule has 0 aliphatic carbocycles. The van der Waals surface area contributed by atoms with Crippen molar-refractivity contribution in [1.29, 1.82) is 0 Å². The lowest BCUT2D eigenvalue weighted by Gasteiger charge is -2.22. The summed E-state index contributed by atoms with van der Waals surface area (Å²) in [5, 5.41) is 10.8. The first-order chi connectivity index (χ1) is 15.7. The van der Waals surface area contributed by atoms with Crippen LogP contribution in [0, 0.1) is 5.82 Å². The van der Waals surface area contributed by atoms with Crippen LogP contribution in [0.4, 0.5) is 10.1 Å². The molecule has 0 aliphatic rings. The molecule has 0 heterocycles. The number of hydrogen-bond donors (Lipinski definition) is 2. The number of aromatic carboxylic acids is 1. The number of nitrogens with zero attached hydrogens (tertiary/aromatic N) is 1. The van der Waals surface area contributed by atoms with Gasteiger partial charge in [0.15, 0.2) is 5.62 Å². The molecular formula is C24H27FN2O5S. The quantitative estimate of drug-likeness (QED) is 0.454. The molecule has 0 saturated carbocycles. The fourth-order valence-electron chi connectivity index (χ4n) is 3.21. The molecule has 0 saturated heterocycles. The van der Waals surface area contributed by atoms with Crippen LogP contribution in [-0.4, -0.2) is 52.3 Å². The lowest BCUT2D eigenvalue weighted by molar-refractivity contribution is -0.129. The number of carboxylic acid groups (broad SMARTS) is 1. The molecule has 0 bridgehead atoms. The Morgan fingerprint density at radius 1 is 1.15 bits per heavy atom. The van der Waals surface area contributed by atoms with Crippen molar-refractivity contribution in [2.24, 2.45) is 0 Å². The second kappa shape index (κ2) is 12.7. The first kappa shape index (κ1) is 26.1. The van der Waals surface area contributed by atoms with Gasteiger partial charge >= 0.3 is 5.97 Å². The van der Waals surface area contributed by atoms with Crippen molar-refractivity contribution in [1.82, 2.24) is 4.90 Å². The maximum Gasteiger partial charge on any atom is 0.338 e. The summed E-state index contributed by atoms with van der Waals surface area (Å²) in [4.78, 5) is 48.3. The van der Waals surface area contributed by atoms with Gasteiger partial charge in [0.1, 0.15) is 5.82 Å². The van der Waals surface area contributed by atoms with Crippen molar-refractivity contribution in [2.45, 2.75) is 37.9 Å². The Bertz CT molecular complexity index is 997. The Labute approximate surface area is 196 Å². The Morgan fingerprint density at radius 2 is 1.82 bits per heavy atom. The van der Waals surface area contributed by atoms with Crippen molar-refractivity contribution in [3.63, 3.8) is 0 Å². The molecule has 2 amide bonds. The summed E-state index contributed by atoms with van der Waals surface area (Å²) in [7, 11) is 1.62. The van der Waals surface area contributed by atoms with Crippen molar-refractivity contribution in [3.8, 4) is 0 Å². The SMILES string of the molecule is CCc1ccc(CC(SC=O)C(=O)N(C)CCCC(=O)Nc2ccc(C(=O)O)c(F)c2)cc1. The predicted octanol–water partition coefficient (Wildman–Crippen LogP) is 3.80. The molecule has 1 unspecified atom stereocenters. The maximum absolute atomic E-state index is 13.7. The molecule has 33 heavy (non-hydrogen) atoms. The van der Waals surface area contributed by atoms with Crippen molar-refractivity contribution >= 4 is 40.9 Å². The van der Waals surface area contributed by atoms with Crippen LogP contribution in [0.15, 0.2) is 42.5 Å². The molecule has 2 N–H and O–H groups in total. The van der Waals surface area contributed by atoms with Crippen molar-refractivity contribution < 1.29 is 28.7 Å². The molecule has 7 nitrogen and oxygen atoms in total. The van der Waals surface area contributed by atoms with Crippen LogP contribution in [0.25, 0.3) is 0 Å². The third-order valence-electron chi connectivity index (χ3n) is 5.10. The van der Waals surface area contributed by atoms with E-state index in [1.165, 1.54) is 16.5 Å². The zero-order chi connectivity index (χ0) is 24.4. The van der Waals surface area contributed by atoms with Crippen LogP contribution in [0.5, 0.6) is 0 Å². The number of carboxylic acids is 1. The topological polar surface area (TPSA) is 104 Å². The number of anilines is 1. The number of thioether (sulfide) groups is 1. The minimum Gasteiger partial charge on any atom is -0.478 e. The monoisotopic (exact) mass is 474 g/mol. The first-order valence-electron chi connectivity index (χ1n) is 10.5. The van der Waals surface area contributed by atoms with Gasteiger partial charge in [0.2, 0.25) is 11.8 Å². The smallest absolute Gasteiger partial charge is 0.338 e. The number of carbonyl (C=O) groups is 4. The molecule has 0 spiro atoms. The fraction of sp³-hybridized carbons (Fsp3) is 0.333. The lowest BCUT2D eigenvalue weighted by Crippen LogP contribution is -2.36. The third-order valence-corrected chi connectivity index (χ3v) is 5.91. The zero-order valence-corrected chi connectivity index (χ0v) is 19.4. The van der Waals surface area contributed by atoms with Gasteiger partial charge in [0, 0.05) is 25.7 Å². The van der Waals surface area contributed by atoms with Crippen LogP contribution < -0.4 is 5.32 Å². The highest BCUT2D eigenvalue weighted by Crippen LogP contribution is 2.18. The van der Waals surface area contributed by atoms with Crippen LogP contribution in [-0.2, 0) is 27.2 Å². The summed E-state index contributed by atoms with van der Waals surface area (Å²) in [6, 6.07) is 11.3. The Kier molecular flexibility index (Phi) is 10.1. The van der Waals surface area contributed by atoms with Gasteiger partial charge in [-0.2, -0.15) is 0 Å². The molecule has 176 valence electrons. The van der Waals surface area contributed by atoms with E-state index in [9.17, 15) is 23.6 Å². The average molecular weight is 475 g/mol. The van der Waals surface area contributed by atoms with Crippen LogP contribution in [0.2, 0.25) is 0 Å². The van der Waals surface area contributed by atoms with Crippen molar-refractivity contribution in [3.05, 3.63) is 65.0 Å². The zero-order valence-electron chi connectivity index (χ0n) is 18.5. The highest BCUT2D eigenvalue weighted by atomic mass is 32.2. The molecule has 9 heteroatoms. The highest BCUT2D eigenvalue weighted by Gasteiger charge is 2.23.